The van der Waals surface area contributed by atoms with Crippen LogP contribution in [0.3, 0.4) is 0 Å². The Hall–Kier alpha value is -3.48. The number of aliphatic carboxylic acids is 1. The van der Waals surface area contributed by atoms with E-state index in [9.17, 15) is 19.5 Å². The molecule has 0 radical (unpaired) electrons. The summed E-state index contributed by atoms with van der Waals surface area (Å²) in [6.45, 7) is 3.43. The summed E-state index contributed by atoms with van der Waals surface area (Å²) in [5.41, 5.74) is 1.05. The first-order chi connectivity index (χ1) is 13.9. The number of benzene rings is 2. The van der Waals surface area contributed by atoms with Gasteiger partial charge in [-0.2, -0.15) is 0 Å². The molecular formula is C22H23N3O4. The second-order valence-electron chi connectivity index (χ2n) is 7.25. The maximum Gasteiger partial charge on any atom is 0.326 e. The van der Waals surface area contributed by atoms with Crippen LogP contribution in [0, 0.1) is 5.92 Å². The topological polar surface area (TPSA) is 101 Å². The van der Waals surface area contributed by atoms with Crippen LogP contribution in [0.25, 0.3) is 10.9 Å². The summed E-state index contributed by atoms with van der Waals surface area (Å²) < 4.78 is 1.28. The SMILES string of the molecule is CC(C)C(NC(=O)C(Cc1ccccc1)n1cnc2ccccc2c1=O)C(=O)O. The monoisotopic (exact) mass is 393 g/mol. The van der Waals surface area contributed by atoms with E-state index in [0.29, 0.717) is 10.9 Å². The Labute approximate surface area is 168 Å². The molecule has 0 aliphatic carbocycles. The number of para-hydroxylation sites is 1. The molecule has 2 aromatic carbocycles. The minimum Gasteiger partial charge on any atom is -0.480 e. The van der Waals surface area contributed by atoms with E-state index in [1.165, 1.54) is 10.9 Å². The van der Waals surface area contributed by atoms with Crippen LogP contribution in [0.2, 0.25) is 0 Å². The van der Waals surface area contributed by atoms with Gasteiger partial charge in [0.05, 0.1) is 17.2 Å². The van der Waals surface area contributed by atoms with Crippen molar-refractivity contribution in [3.63, 3.8) is 0 Å². The van der Waals surface area contributed by atoms with Gasteiger partial charge in [0.15, 0.2) is 0 Å². The van der Waals surface area contributed by atoms with Crippen LogP contribution in [0.5, 0.6) is 0 Å². The van der Waals surface area contributed by atoms with E-state index < -0.39 is 24.0 Å². The average Bonchev–Trinajstić information content (AvgIpc) is 2.71. The van der Waals surface area contributed by atoms with Gasteiger partial charge in [-0.05, 0) is 23.6 Å². The summed E-state index contributed by atoms with van der Waals surface area (Å²) in [7, 11) is 0. The average molecular weight is 393 g/mol. The number of fused-ring (bicyclic) bond motifs is 1. The summed E-state index contributed by atoms with van der Waals surface area (Å²) in [5, 5.41) is 12.4. The molecule has 1 amide bonds. The Balaban J connectivity index is 2.04. The molecule has 0 fully saturated rings. The van der Waals surface area contributed by atoms with Gasteiger partial charge >= 0.3 is 5.97 Å². The molecule has 2 N–H and O–H groups in total. The van der Waals surface area contributed by atoms with Gasteiger partial charge < -0.3 is 10.4 Å². The zero-order valence-corrected chi connectivity index (χ0v) is 16.3. The molecule has 3 rings (SSSR count). The molecule has 2 atom stereocenters. The molecule has 150 valence electrons. The summed E-state index contributed by atoms with van der Waals surface area (Å²) >= 11 is 0. The van der Waals surface area contributed by atoms with E-state index in [1.807, 2.05) is 30.3 Å². The fourth-order valence-electron chi connectivity index (χ4n) is 3.22. The molecule has 2 unspecified atom stereocenters. The molecular weight excluding hydrogens is 370 g/mol. The number of rotatable bonds is 7. The van der Waals surface area contributed by atoms with Crippen LogP contribution in [0.1, 0.15) is 25.5 Å². The highest BCUT2D eigenvalue weighted by atomic mass is 16.4. The number of carboxylic acids is 1. The lowest BCUT2D eigenvalue weighted by atomic mass is 10.0. The fourth-order valence-corrected chi connectivity index (χ4v) is 3.22. The third-order valence-corrected chi connectivity index (χ3v) is 4.83. The molecule has 0 spiro atoms. The van der Waals surface area contributed by atoms with Gasteiger partial charge in [-0.3, -0.25) is 14.2 Å². The van der Waals surface area contributed by atoms with Gasteiger partial charge in [-0.1, -0.05) is 56.3 Å². The van der Waals surface area contributed by atoms with Crippen molar-refractivity contribution in [2.45, 2.75) is 32.4 Å². The van der Waals surface area contributed by atoms with Crippen LogP contribution in [-0.2, 0) is 16.0 Å². The van der Waals surface area contributed by atoms with E-state index in [0.717, 1.165) is 5.56 Å². The smallest absolute Gasteiger partial charge is 0.326 e. The second kappa shape index (κ2) is 8.68. The molecule has 0 aliphatic heterocycles. The highest BCUT2D eigenvalue weighted by Crippen LogP contribution is 2.16. The largest absolute Gasteiger partial charge is 0.480 e. The van der Waals surface area contributed by atoms with E-state index in [4.69, 9.17) is 0 Å². The first kappa shape index (κ1) is 20.3. The number of amides is 1. The van der Waals surface area contributed by atoms with Crippen LogP contribution in [0.15, 0.2) is 65.7 Å². The van der Waals surface area contributed by atoms with Crippen molar-refractivity contribution in [3.8, 4) is 0 Å². The van der Waals surface area contributed by atoms with Crippen molar-refractivity contribution in [1.82, 2.24) is 14.9 Å². The summed E-state index contributed by atoms with van der Waals surface area (Å²) in [5.74, 6) is -1.95. The predicted molar refractivity (Wildman–Crippen MR) is 110 cm³/mol. The maximum atomic E-state index is 13.1. The Morgan fingerprint density at radius 3 is 2.38 bits per heavy atom. The Bertz CT molecular complexity index is 1080. The van der Waals surface area contributed by atoms with Crippen LogP contribution in [-0.4, -0.2) is 32.6 Å². The van der Waals surface area contributed by atoms with Gasteiger partial charge in [0.25, 0.3) is 5.56 Å². The molecule has 7 heteroatoms. The minimum absolute atomic E-state index is 0.233. The Morgan fingerprint density at radius 1 is 1.07 bits per heavy atom. The van der Waals surface area contributed by atoms with Crippen molar-refractivity contribution in [1.29, 1.82) is 0 Å². The van der Waals surface area contributed by atoms with E-state index in [1.54, 1.807) is 38.1 Å². The quantitative estimate of drug-likeness (QED) is 0.642. The molecule has 1 heterocycles. The van der Waals surface area contributed by atoms with E-state index >= 15 is 0 Å². The molecule has 29 heavy (non-hydrogen) atoms. The highest BCUT2D eigenvalue weighted by Gasteiger charge is 2.29. The van der Waals surface area contributed by atoms with Gasteiger partial charge in [-0.25, -0.2) is 9.78 Å². The highest BCUT2D eigenvalue weighted by molar-refractivity contribution is 5.86. The summed E-state index contributed by atoms with van der Waals surface area (Å²) in [6, 6.07) is 14.2. The number of nitrogens with zero attached hydrogens (tertiary/aromatic N) is 2. The first-order valence-corrected chi connectivity index (χ1v) is 9.41. The molecule has 0 aliphatic rings. The van der Waals surface area contributed by atoms with Gasteiger partial charge in [0.2, 0.25) is 5.91 Å². The van der Waals surface area contributed by atoms with E-state index in [-0.39, 0.29) is 17.9 Å². The number of aromatic nitrogens is 2. The molecule has 0 saturated carbocycles. The standard InChI is InChI=1S/C22H23N3O4/c1-14(2)19(22(28)29)24-20(26)18(12-15-8-4-3-5-9-15)25-13-23-17-11-7-6-10-16(17)21(25)27/h3-11,13-14,18-19H,12H2,1-2H3,(H,24,26)(H,28,29). The van der Waals surface area contributed by atoms with Gasteiger partial charge in [0.1, 0.15) is 12.1 Å². The van der Waals surface area contributed by atoms with Gasteiger partial charge in [0, 0.05) is 6.42 Å². The number of carbonyl (C=O) groups excluding carboxylic acids is 1. The minimum atomic E-state index is -1.12. The number of nitrogens with one attached hydrogen (secondary N) is 1. The lowest BCUT2D eigenvalue weighted by Crippen LogP contribution is -2.48. The zero-order valence-electron chi connectivity index (χ0n) is 16.3. The van der Waals surface area contributed by atoms with Gasteiger partial charge in [-0.15, -0.1) is 0 Å². The fraction of sp³-hybridized carbons (Fsp3) is 0.273. The second-order valence-corrected chi connectivity index (χ2v) is 7.25. The molecule has 3 aromatic rings. The van der Waals surface area contributed by atoms with Crippen molar-refractivity contribution in [2.75, 3.05) is 0 Å². The van der Waals surface area contributed by atoms with Crippen LogP contribution >= 0.6 is 0 Å². The molecule has 7 nitrogen and oxygen atoms in total. The molecule has 1 aromatic heterocycles. The van der Waals surface area contributed by atoms with Crippen LogP contribution < -0.4 is 10.9 Å². The summed E-state index contributed by atoms with van der Waals surface area (Å²) in [6.07, 6.45) is 1.58. The number of carbonyl (C=O) groups is 2. The third kappa shape index (κ3) is 4.51. The zero-order chi connectivity index (χ0) is 21.0. The first-order valence-electron chi connectivity index (χ1n) is 9.41. The van der Waals surface area contributed by atoms with Crippen molar-refractivity contribution >= 4 is 22.8 Å². The lowest BCUT2D eigenvalue weighted by molar-refractivity contribution is -0.143. The van der Waals surface area contributed by atoms with Crippen molar-refractivity contribution in [2.24, 2.45) is 5.92 Å². The number of hydrogen-bond acceptors (Lipinski definition) is 4. The lowest BCUT2D eigenvalue weighted by Gasteiger charge is -2.24. The maximum absolute atomic E-state index is 13.1. The summed E-state index contributed by atoms with van der Waals surface area (Å²) in [4.78, 5) is 42.0. The van der Waals surface area contributed by atoms with E-state index in [2.05, 4.69) is 10.3 Å². The number of carboxylic acid groups (broad SMARTS) is 1. The Morgan fingerprint density at radius 2 is 1.72 bits per heavy atom. The molecule has 0 saturated heterocycles. The van der Waals surface area contributed by atoms with Crippen molar-refractivity contribution < 1.29 is 14.7 Å². The molecule has 0 bridgehead atoms. The Kier molecular flexibility index (Phi) is 6.07. The third-order valence-electron chi connectivity index (χ3n) is 4.83. The van der Waals surface area contributed by atoms with Crippen molar-refractivity contribution in [3.05, 3.63) is 76.8 Å². The normalized spacial score (nSPS) is 13.2. The predicted octanol–water partition coefficient (Wildman–Crippen LogP) is 2.41. The number of hydrogen-bond donors (Lipinski definition) is 2. The van der Waals surface area contributed by atoms with Crippen LogP contribution in [0.4, 0.5) is 0 Å².